The van der Waals surface area contributed by atoms with Crippen LogP contribution in [-0.4, -0.2) is 11.0 Å². The number of thiophene rings is 2. The molecule has 0 aliphatic carbocycles. The van der Waals surface area contributed by atoms with Gasteiger partial charge in [-0.15, -0.1) is 22.7 Å². The number of carbonyl (C=O) groups excluding carboxylic acids is 1. The minimum Gasteiger partial charge on any atom is -0.451 e. The molecule has 3 heterocycles. The number of hydrogen-bond acceptors (Lipinski definition) is 5. The molecule has 0 radical (unpaired) electrons. The predicted molar refractivity (Wildman–Crippen MR) is 100 cm³/mol. The van der Waals surface area contributed by atoms with Gasteiger partial charge >= 0.3 is 0 Å². The number of benzene rings is 1. The number of furan rings is 1. The molecule has 0 bridgehead atoms. The molecule has 25 heavy (non-hydrogen) atoms. The third-order valence-electron chi connectivity index (χ3n) is 3.84. The summed E-state index contributed by atoms with van der Waals surface area (Å²) >= 11 is 3.02. The quantitative estimate of drug-likeness (QED) is 0.542. The van der Waals surface area contributed by atoms with Gasteiger partial charge in [-0.05, 0) is 35.7 Å². The summed E-state index contributed by atoms with van der Waals surface area (Å²) in [5, 5.41) is 16.1. The zero-order valence-corrected chi connectivity index (χ0v) is 14.8. The highest BCUT2D eigenvalue weighted by molar-refractivity contribution is 7.12. The zero-order valence-electron chi connectivity index (χ0n) is 13.1. The molecule has 0 aliphatic rings. The Morgan fingerprint density at radius 3 is 2.80 bits per heavy atom. The molecule has 0 aliphatic heterocycles. The Morgan fingerprint density at radius 2 is 2.00 bits per heavy atom. The molecule has 1 atom stereocenters. The Balaban J connectivity index is 1.42. The van der Waals surface area contributed by atoms with Crippen molar-refractivity contribution in [2.24, 2.45) is 0 Å². The van der Waals surface area contributed by atoms with Crippen LogP contribution < -0.4 is 5.32 Å². The molecule has 0 saturated carbocycles. The maximum atomic E-state index is 12.3. The van der Waals surface area contributed by atoms with E-state index in [0.717, 1.165) is 20.0 Å². The highest BCUT2D eigenvalue weighted by atomic mass is 32.1. The summed E-state index contributed by atoms with van der Waals surface area (Å²) < 4.78 is 5.56. The number of nitrogens with one attached hydrogen (secondary N) is 1. The zero-order chi connectivity index (χ0) is 17.2. The van der Waals surface area contributed by atoms with Crippen molar-refractivity contribution in [1.82, 2.24) is 5.32 Å². The Kier molecular flexibility index (Phi) is 4.40. The molecule has 0 fully saturated rings. The molecule has 4 nitrogen and oxygen atoms in total. The van der Waals surface area contributed by atoms with Gasteiger partial charge in [0.1, 0.15) is 11.7 Å². The van der Waals surface area contributed by atoms with E-state index in [4.69, 9.17) is 4.42 Å². The van der Waals surface area contributed by atoms with Crippen LogP contribution in [-0.2, 0) is 6.54 Å². The number of amides is 1. The Hall–Kier alpha value is -2.41. The number of rotatable bonds is 5. The van der Waals surface area contributed by atoms with Gasteiger partial charge in [-0.2, -0.15) is 0 Å². The van der Waals surface area contributed by atoms with Crippen molar-refractivity contribution in [1.29, 1.82) is 0 Å². The number of para-hydroxylation sites is 1. The Labute approximate surface area is 152 Å². The van der Waals surface area contributed by atoms with Crippen LogP contribution in [0.1, 0.15) is 31.3 Å². The fraction of sp³-hybridized carbons (Fsp3) is 0.105. The van der Waals surface area contributed by atoms with Crippen LogP contribution in [0.2, 0.25) is 0 Å². The first-order valence-corrected chi connectivity index (χ1v) is 9.47. The van der Waals surface area contributed by atoms with Crippen molar-refractivity contribution in [2.45, 2.75) is 12.6 Å². The van der Waals surface area contributed by atoms with Crippen LogP contribution in [0.5, 0.6) is 0 Å². The summed E-state index contributed by atoms with van der Waals surface area (Å²) in [6.07, 6.45) is -0.607. The second-order valence-electron chi connectivity index (χ2n) is 5.55. The summed E-state index contributed by atoms with van der Waals surface area (Å²) in [6, 6.07) is 16.9. The van der Waals surface area contributed by atoms with Crippen LogP contribution in [0.3, 0.4) is 0 Å². The van der Waals surface area contributed by atoms with E-state index in [0.29, 0.717) is 17.9 Å². The van der Waals surface area contributed by atoms with Gasteiger partial charge < -0.3 is 14.8 Å². The third kappa shape index (κ3) is 3.37. The first-order valence-electron chi connectivity index (χ1n) is 7.77. The molecule has 4 rings (SSSR count). The largest absolute Gasteiger partial charge is 0.451 e. The van der Waals surface area contributed by atoms with E-state index in [2.05, 4.69) is 5.32 Å². The molecule has 1 amide bonds. The highest BCUT2D eigenvalue weighted by Crippen LogP contribution is 2.31. The van der Waals surface area contributed by atoms with E-state index >= 15 is 0 Å². The van der Waals surface area contributed by atoms with Crippen molar-refractivity contribution in [3.63, 3.8) is 0 Å². The topological polar surface area (TPSA) is 62.5 Å². The SMILES string of the molecule is O=C(NCc1ccc([C@@H](O)c2cccs2)s1)c1cc2ccccc2o1. The predicted octanol–water partition coefficient (Wildman–Crippen LogP) is 4.57. The number of hydrogen-bond donors (Lipinski definition) is 2. The van der Waals surface area contributed by atoms with Gasteiger partial charge in [-0.1, -0.05) is 24.3 Å². The van der Waals surface area contributed by atoms with Crippen molar-refractivity contribution >= 4 is 39.5 Å². The van der Waals surface area contributed by atoms with Crippen molar-refractivity contribution in [3.8, 4) is 0 Å². The van der Waals surface area contributed by atoms with Gasteiger partial charge in [0.25, 0.3) is 5.91 Å². The Bertz CT molecular complexity index is 968. The molecular weight excluding hydrogens is 354 g/mol. The lowest BCUT2D eigenvalue weighted by molar-refractivity contribution is 0.0925. The van der Waals surface area contributed by atoms with Gasteiger partial charge in [0.2, 0.25) is 0 Å². The lowest BCUT2D eigenvalue weighted by Crippen LogP contribution is -2.21. The van der Waals surface area contributed by atoms with Gasteiger partial charge in [0.05, 0.1) is 6.54 Å². The smallest absolute Gasteiger partial charge is 0.287 e. The normalized spacial score (nSPS) is 12.4. The summed E-state index contributed by atoms with van der Waals surface area (Å²) in [4.78, 5) is 15.0. The van der Waals surface area contributed by atoms with E-state index in [9.17, 15) is 9.90 Å². The molecule has 6 heteroatoms. The standard InChI is InChI=1S/C19H15NO3S2/c21-18(16-6-3-9-24-16)17-8-7-13(25-17)11-20-19(22)15-10-12-4-1-2-5-14(12)23-15/h1-10,18,21H,11H2,(H,20,22)/t18-/m0/s1. The second-order valence-corrected chi connectivity index (χ2v) is 7.73. The Morgan fingerprint density at radius 1 is 1.12 bits per heavy atom. The van der Waals surface area contributed by atoms with Gasteiger partial charge in [0, 0.05) is 20.0 Å². The summed E-state index contributed by atoms with van der Waals surface area (Å²) in [5.41, 5.74) is 0.699. The first-order chi connectivity index (χ1) is 12.2. The van der Waals surface area contributed by atoms with Crippen LogP contribution in [0, 0.1) is 0 Å². The average molecular weight is 369 g/mol. The van der Waals surface area contributed by atoms with Gasteiger partial charge in [-0.25, -0.2) is 0 Å². The third-order valence-corrected chi connectivity index (χ3v) is 5.90. The summed E-state index contributed by atoms with van der Waals surface area (Å²) in [5.74, 6) is 0.0570. The van der Waals surface area contributed by atoms with Gasteiger partial charge in [-0.3, -0.25) is 4.79 Å². The van der Waals surface area contributed by atoms with Crippen LogP contribution in [0.25, 0.3) is 11.0 Å². The fourth-order valence-electron chi connectivity index (χ4n) is 2.57. The minimum atomic E-state index is -0.607. The van der Waals surface area contributed by atoms with Crippen LogP contribution in [0.15, 0.2) is 64.4 Å². The fourth-order valence-corrected chi connectivity index (χ4v) is 4.33. The maximum absolute atomic E-state index is 12.3. The van der Waals surface area contributed by atoms with Crippen molar-refractivity contribution in [3.05, 3.63) is 80.4 Å². The van der Waals surface area contributed by atoms with Crippen LogP contribution >= 0.6 is 22.7 Å². The van der Waals surface area contributed by atoms with E-state index in [1.807, 2.05) is 53.9 Å². The second kappa shape index (κ2) is 6.84. The lowest BCUT2D eigenvalue weighted by Gasteiger charge is -2.05. The molecule has 0 saturated heterocycles. The minimum absolute atomic E-state index is 0.245. The molecular formula is C19H15NO3S2. The molecule has 126 valence electrons. The molecule has 4 aromatic rings. The van der Waals surface area contributed by atoms with Crippen molar-refractivity contribution < 1.29 is 14.3 Å². The summed E-state index contributed by atoms with van der Waals surface area (Å²) in [7, 11) is 0. The molecule has 1 aromatic carbocycles. The molecule has 3 aromatic heterocycles. The molecule has 0 spiro atoms. The van der Waals surface area contributed by atoms with Crippen molar-refractivity contribution in [2.75, 3.05) is 0 Å². The lowest BCUT2D eigenvalue weighted by atomic mass is 10.2. The van der Waals surface area contributed by atoms with E-state index in [1.54, 1.807) is 6.07 Å². The van der Waals surface area contributed by atoms with E-state index in [1.165, 1.54) is 22.7 Å². The first kappa shape index (κ1) is 16.1. The maximum Gasteiger partial charge on any atom is 0.287 e. The molecule has 2 N–H and O–H groups in total. The van der Waals surface area contributed by atoms with Gasteiger partial charge in [0.15, 0.2) is 5.76 Å². The highest BCUT2D eigenvalue weighted by Gasteiger charge is 2.15. The van der Waals surface area contributed by atoms with E-state index in [-0.39, 0.29) is 5.91 Å². The molecule has 0 unspecified atom stereocenters. The van der Waals surface area contributed by atoms with Crippen LogP contribution in [0.4, 0.5) is 0 Å². The number of fused-ring (bicyclic) bond motifs is 1. The number of carbonyl (C=O) groups is 1. The average Bonchev–Trinajstić information content (AvgIpc) is 3.39. The van der Waals surface area contributed by atoms with E-state index < -0.39 is 6.10 Å². The number of aliphatic hydroxyl groups is 1. The monoisotopic (exact) mass is 369 g/mol. The number of aliphatic hydroxyl groups excluding tert-OH is 1. The summed E-state index contributed by atoms with van der Waals surface area (Å²) in [6.45, 7) is 0.401.